The maximum absolute atomic E-state index is 12.0. The van der Waals surface area contributed by atoms with Crippen LogP contribution in [0.3, 0.4) is 0 Å². The van der Waals surface area contributed by atoms with Gasteiger partial charge in [0.1, 0.15) is 11.9 Å². The summed E-state index contributed by atoms with van der Waals surface area (Å²) in [6.07, 6.45) is 5.07. The number of hydrogen-bond acceptors (Lipinski definition) is 5. The van der Waals surface area contributed by atoms with Crippen molar-refractivity contribution in [1.29, 1.82) is 0 Å². The zero-order chi connectivity index (χ0) is 25.2. The maximum Gasteiger partial charge on any atom is 0.411 e. The number of hydrogen-bond donors (Lipinski definition) is 1. The number of benzene rings is 2. The van der Waals surface area contributed by atoms with Gasteiger partial charge in [-0.3, -0.25) is 5.32 Å². The number of fused-ring (bicyclic) bond motifs is 1. The zero-order valence-electron chi connectivity index (χ0n) is 21.8. The molecule has 2 fully saturated rings. The van der Waals surface area contributed by atoms with Crippen LogP contribution in [-0.2, 0) is 9.47 Å². The van der Waals surface area contributed by atoms with Crippen molar-refractivity contribution < 1.29 is 19.0 Å². The van der Waals surface area contributed by atoms with Gasteiger partial charge in [-0.2, -0.15) is 0 Å². The molecule has 1 aliphatic heterocycles. The number of carbonyl (C=O) groups excluding carboxylic acids is 1. The van der Waals surface area contributed by atoms with Crippen LogP contribution in [0.1, 0.15) is 52.0 Å². The first-order valence-electron chi connectivity index (χ1n) is 13.1. The molecule has 0 atom stereocenters. The Morgan fingerprint density at radius 2 is 1.78 bits per heavy atom. The Hall–Kier alpha value is -3.19. The molecule has 2 aromatic carbocycles. The van der Waals surface area contributed by atoms with E-state index in [1.165, 1.54) is 41.5 Å². The molecule has 7 nitrogen and oxygen atoms in total. The third-order valence-corrected chi connectivity index (χ3v) is 7.05. The van der Waals surface area contributed by atoms with Gasteiger partial charge >= 0.3 is 6.09 Å². The topological polar surface area (TPSA) is 65.0 Å². The molecule has 1 saturated carbocycles. The highest BCUT2D eigenvalue weighted by Gasteiger charge is 2.29. The first-order valence-corrected chi connectivity index (χ1v) is 13.1. The van der Waals surface area contributed by atoms with Gasteiger partial charge in [-0.15, -0.1) is 0 Å². The van der Waals surface area contributed by atoms with Crippen LogP contribution in [0.25, 0.3) is 22.2 Å². The summed E-state index contributed by atoms with van der Waals surface area (Å²) in [6, 6.07) is 15.0. The lowest BCUT2D eigenvalue weighted by Crippen LogP contribution is -2.25. The molecule has 2 heterocycles. The summed E-state index contributed by atoms with van der Waals surface area (Å²) in [4.78, 5) is 14.2. The summed E-state index contributed by atoms with van der Waals surface area (Å²) in [5.74, 6) is 0.924. The Morgan fingerprint density at radius 3 is 2.39 bits per heavy atom. The average molecular weight is 492 g/mol. The van der Waals surface area contributed by atoms with Gasteiger partial charge in [0, 0.05) is 55.7 Å². The molecule has 36 heavy (non-hydrogen) atoms. The Balaban J connectivity index is 1.54. The average Bonchev–Trinajstić information content (AvgIpc) is 3.13. The quantitative estimate of drug-likeness (QED) is 0.403. The molecule has 1 amide bonds. The van der Waals surface area contributed by atoms with Crippen LogP contribution >= 0.6 is 0 Å². The van der Waals surface area contributed by atoms with E-state index in [-0.39, 0.29) is 12.2 Å². The van der Waals surface area contributed by atoms with E-state index in [2.05, 4.69) is 59.2 Å². The standard InChI is InChI=1S/C29H37N3O4/c1-19(2)35-29(33)30-21-10-8-20(9-11-21)27-28(31(3)4)25-13-12-24(36-23-14-16-34-17-15-23)18-26(25)32(27)22-6-5-7-22/h8-13,18-19,22-23H,5-7,14-17H2,1-4H3,(H,30,33). The van der Waals surface area contributed by atoms with Crippen molar-refractivity contribution in [3.05, 3.63) is 42.5 Å². The molecular weight excluding hydrogens is 454 g/mol. The Bertz CT molecular complexity index is 1210. The van der Waals surface area contributed by atoms with Gasteiger partial charge in [-0.05, 0) is 57.4 Å². The van der Waals surface area contributed by atoms with E-state index < -0.39 is 6.09 Å². The highest BCUT2D eigenvalue weighted by atomic mass is 16.6. The molecule has 0 bridgehead atoms. The number of nitrogens with zero attached hydrogens (tertiary/aromatic N) is 2. The molecule has 0 unspecified atom stereocenters. The summed E-state index contributed by atoms with van der Waals surface area (Å²) in [5.41, 5.74) is 5.46. The molecule has 0 spiro atoms. The van der Waals surface area contributed by atoms with Gasteiger partial charge in [-0.25, -0.2) is 4.79 Å². The third kappa shape index (κ3) is 5.03. The van der Waals surface area contributed by atoms with Gasteiger partial charge in [0.25, 0.3) is 0 Å². The monoisotopic (exact) mass is 491 g/mol. The van der Waals surface area contributed by atoms with Crippen LogP contribution in [0.2, 0.25) is 0 Å². The minimum atomic E-state index is -0.438. The Kier molecular flexibility index (Phi) is 7.10. The molecule has 3 aromatic rings. The molecule has 1 aliphatic carbocycles. The SMILES string of the molecule is CC(C)OC(=O)Nc1ccc(-c2c(N(C)C)c3ccc(OC4CCOCC4)cc3n2C2CCC2)cc1. The number of amides is 1. The predicted octanol–water partition coefficient (Wildman–Crippen LogP) is 6.61. The Morgan fingerprint density at radius 1 is 1.06 bits per heavy atom. The highest BCUT2D eigenvalue weighted by molar-refractivity contribution is 6.03. The van der Waals surface area contributed by atoms with Gasteiger partial charge < -0.3 is 23.7 Å². The van der Waals surface area contributed by atoms with E-state index in [1.54, 1.807) is 0 Å². The van der Waals surface area contributed by atoms with E-state index in [0.29, 0.717) is 11.7 Å². The number of anilines is 2. The lowest BCUT2D eigenvalue weighted by molar-refractivity contribution is 0.0256. The van der Waals surface area contributed by atoms with Crippen molar-refractivity contribution in [2.75, 3.05) is 37.5 Å². The number of carbonyl (C=O) groups is 1. The van der Waals surface area contributed by atoms with Crippen LogP contribution < -0.4 is 15.0 Å². The minimum absolute atomic E-state index is 0.162. The van der Waals surface area contributed by atoms with Crippen LogP contribution in [0, 0.1) is 0 Å². The maximum atomic E-state index is 12.0. The van der Waals surface area contributed by atoms with Crippen LogP contribution in [0.5, 0.6) is 5.75 Å². The zero-order valence-corrected chi connectivity index (χ0v) is 21.8. The molecule has 1 aromatic heterocycles. The van der Waals surface area contributed by atoms with Crippen LogP contribution in [0.4, 0.5) is 16.2 Å². The summed E-state index contributed by atoms with van der Waals surface area (Å²) in [5, 5.41) is 4.04. The van der Waals surface area contributed by atoms with E-state index >= 15 is 0 Å². The van der Waals surface area contributed by atoms with Crippen molar-refractivity contribution >= 4 is 28.4 Å². The molecule has 192 valence electrons. The summed E-state index contributed by atoms with van der Waals surface area (Å²) in [6.45, 7) is 5.20. The molecule has 2 aliphatic rings. The van der Waals surface area contributed by atoms with Gasteiger partial charge in [0.15, 0.2) is 0 Å². The smallest absolute Gasteiger partial charge is 0.411 e. The molecule has 1 saturated heterocycles. The fraction of sp³-hybridized carbons (Fsp3) is 0.483. The second-order valence-electron chi connectivity index (χ2n) is 10.3. The third-order valence-electron chi connectivity index (χ3n) is 7.05. The van der Waals surface area contributed by atoms with E-state index in [4.69, 9.17) is 14.2 Å². The molecule has 1 N–H and O–H groups in total. The van der Waals surface area contributed by atoms with E-state index in [9.17, 15) is 4.79 Å². The highest BCUT2D eigenvalue weighted by Crippen LogP contribution is 2.47. The molecular formula is C29H37N3O4. The van der Waals surface area contributed by atoms with Crippen molar-refractivity contribution in [2.45, 2.75) is 64.2 Å². The number of ether oxygens (including phenoxy) is 3. The van der Waals surface area contributed by atoms with E-state index in [1.807, 2.05) is 26.0 Å². The van der Waals surface area contributed by atoms with Gasteiger partial charge in [0.05, 0.1) is 36.2 Å². The first-order chi connectivity index (χ1) is 17.4. The van der Waals surface area contributed by atoms with Crippen molar-refractivity contribution in [2.24, 2.45) is 0 Å². The number of aromatic nitrogens is 1. The number of rotatable bonds is 7. The van der Waals surface area contributed by atoms with Crippen LogP contribution in [0.15, 0.2) is 42.5 Å². The predicted molar refractivity (Wildman–Crippen MR) is 144 cm³/mol. The van der Waals surface area contributed by atoms with Crippen molar-refractivity contribution in [3.63, 3.8) is 0 Å². The van der Waals surface area contributed by atoms with Crippen molar-refractivity contribution in [3.8, 4) is 17.0 Å². The lowest BCUT2D eigenvalue weighted by atomic mass is 9.92. The normalized spacial score (nSPS) is 16.7. The fourth-order valence-corrected chi connectivity index (χ4v) is 5.16. The van der Waals surface area contributed by atoms with Crippen molar-refractivity contribution in [1.82, 2.24) is 4.57 Å². The first kappa shape index (κ1) is 24.5. The lowest BCUT2D eigenvalue weighted by Gasteiger charge is -2.31. The largest absolute Gasteiger partial charge is 0.490 e. The summed E-state index contributed by atoms with van der Waals surface area (Å²) in [7, 11) is 4.21. The summed E-state index contributed by atoms with van der Waals surface area (Å²) < 4.78 is 19.6. The molecule has 0 radical (unpaired) electrons. The molecule has 7 heteroatoms. The fourth-order valence-electron chi connectivity index (χ4n) is 5.16. The second-order valence-corrected chi connectivity index (χ2v) is 10.3. The van der Waals surface area contributed by atoms with Gasteiger partial charge in [-0.1, -0.05) is 12.1 Å². The summed E-state index contributed by atoms with van der Waals surface area (Å²) >= 11 is 0. The number of nitrogens with one attached hydrogen (secondary N) is 1. The van der Waals surface area contributed by atoms with Crippen LogP contribution in [-0.4, -0.2) is 50.2 Å². The van der Waals surface area contributed by atoms with E-state index in [0.717, 1.165) is 37.4 Å². The molecule has 5 rings (SSSR count). The minimum Gasteiger partial charge on any atom is -0.490 e. The second kappa shape index (κ2) is 10.4. The van der Waals surface area contributed by atoms with Gasteiger partial charge in [0.2, 0.25) is 0 Å². The Labute approximate surface area is 213 Å².